The van der Waals surface area contributed by atoms with E-state index in [-0.39, 0.29) is 29.2 Å². The molecule has 1 aromatic rings. The van der Waals surface area contributed by atoms with E-state index in [2.05, 4.69) is 21.1 Å². The summed E-state index contributed by atoms with van der Waals surface area (Å²) >= 11 is 3.34. The summed E-state index contributed by atoms with van der Waals surface area (Å²) in [5, 5.41) is 12.8. The topological polar surface area (TPSA) is 58.9 Å². The maximum Gasteiger partial charge on any atom is 0.335 e. The molecule has 0 aliphatic heterocycles. The average molecular weight is 384 g/mol. The van der Waals surface area contributed by atoms with Crippen molar-refractivity contribution in [1.29, 1.82) is 0 Å². The van der Waals surface area contributed by atoms with Crippen LogP contribution in [0.1, 0.15) is 36.2 Å². The summed E-state index contributed by atoms with van der Waals surface area (Å²) in [5.74, 6) is -1.29. The predicted molar refractivity (Wildman–Crippen MR) is 92.9 cm³/mol. The van der Waals surface area contributed by atoms with Gasteiger partial charge in [-0.3, -0.25) is 0 Å². The summed E-state index contributed by atoms with van der Waals surface area (Å²) in [5.41, 5.74) is 1.34. The smallest absolute Gasteiger partial charge is 0.335 e. The Bertz CT molecular complexity index is 626. The predicted octanol–water partition coefficient (Wildman–Crippen LogP) is 4.71. The second kappa shape index (κ2) is 9.94. The van der Waals surface area contributed by atoms with Crippen LogP contribution in [0.15, 0.2) is 53.5 Å². The van der Waals surface area contributed by atoms with Gasteiger partial charge in [-0.05, 0) is 37.6 Å². The van der Waals surface area contributed by atoms with E-state index in [0.29, 0.717) is 11.3 Å². The second-order valence-corrected chi connectivity index (χ2v) is 5.93. The highest BCUT2D eigenvalue weighted by atomic mass is 79.9. The highest BCUT2D eigenvalue weighted by Crippen LogP contribution is 2.15. The van der Waals surface area contributed by atoms with Crippen molar-refractivity contribution in [3.05, 3.63) is 59.4 Å². The number of nitrogens with zero attached hydrogens (tertiary/aromatic N) is 1. The van der Waals surface area contributed by atoms with Gasteiger partial charge in [0.2, 0.25) is 0 Å². The lowest BCUT2D eigenvalue weighted by Gasteiger charge is -2.03. The fourth-order valence-corrected chi connectivity index (χ4v) is 2.35. The van der Waals surface area contributed by atoms with E-state index >= 15 is 0 Å². The van der Waals surface area contributed by atoms with Crippen molar-refractivity contribution in [3.8, 4) is 0 Å². The first-order chi connectivity index (χ1) is 10.9. The van der Waals surface area contributed by atoms with Crippen LogP contribution < -0.4 is 0 Å². The number of allylic oxidation sites excluding steroid dienone is 3. The Kier molecular flexibility index (Phi) is 8.26. The minimum atomic E-state index is -1.00. The molecule has 1 atom stereocenters. The van der Waals surface area contributed by atoms with Gasteiger partial charge in [-0.1, -0.05) is 45.4 Å². The molecule has 1 rings (SSSR count). The lowest BCUT2D eigenvalue weighted by atomic mass is 10.1. The van der Waals surface area contributed by atoms with E-state index in [4.69, 9.17) is 9.94 Å². The normalized spacial score (nSPS) is 14.1. The van der Waals surface area contributed by atoms with Gasteiger partial charge in [0.25, 0.3) is 0 Å². The molecule has 1 N–H and O–H groups in total. The van der Waals surface area contributed by atoms with Gasteiger partial charge in [0.15, 0.2) is 0 Å². The first-order valence-corrected chi connectivity index (χ1v) is 7.97. The van der Waals surface area contributed by atoms with E-state index in [0.717, 1.165) is 0 Å². The molecule has 1 unspecified atom stereocenters. The molecule has 0 aliphatic carbocycles. The summed E-state index contributed by atoms with van der Waals surface area (Å²) in [6, 6.07) is 6.37. The number of aromatic carboxylic acids is 1. The highest BCUT2D eigenvalue weighted by molar-refractivity contribution is 9.09. The van der Waals surface area contributed by atoms with Crippen LogP contribution in [0, 0.1) is 0 Å². The molecule has 23 heavy (non-hydrogen) atoms. The monoisotopic (exact) mass is 383 g/mol. The minimum absolute atomic E-state index is 0.0113. The number of hydrogen-bond acceptors (Lipinski definition) is 3. The molecular weight excluding hydrogens is 365 g/mol. The maximum atomic E-state index is 13.6. The highest BCUT2D eigenvalue weighted by Gasteiger charge is 2.05. The number of halogens is 2. The standard InChI is InChI=1S/C17H19BrFNO3/c1-3-5-15(18)11-16(19)8-9-23-20-12(2)13-6-4-7-14(10-13)17(21)22/h3-8,10,15H,9,11H2,1-2H3,(H,21,22)/b5-3-,16-8-,20-12+. The number of rotatable bonds is 8. The first-order valence-electron chi connectivity index (χ1n) is 7.05. The number of benzene rings is 1. The third kappa shape index (κ3) is 7.23. The number of alkyl halides is 1. The molecule has 0 heterocycles. The quantitative estimate of drug-likeness (QED) is 0.232. The van der Waals surface area contributed by atoms with Crippen LogP contribution in [-0.4, -0.2) is 28.2 Å². The van der Waals surface area contributed by atoms with Crippen molar-refractivity contribution in [2.75, 3.05) is 6.61 Å². The van der Waals surface area contributed by atoms with Crippen LogP contribution in [0.5, 0.6) is 0 Å². The Balaban J connectivity index is 2.57. The fourth-order valence-electron chi connectivity index (χ4n) is 1.74. The minimum Gasteiger partial charge on any atom is -0.478 e. The van der Waals surface area contributed by atoms with Crippen molar-refractivity contribution in [2.45, 2.75) is 25.1 Å². The Morgan fingerprint density at radius 3 is 2.83 bits per heavy atom. The molecular formula is C17H19BrFNO3. The van der Waals surface area contributed by atoms with Gasteiger partial charge in [0.1, 0.15) is 12.4 Å². The molecule has 124 valence electrons. The van der Waals surface area contributed by atoms with Crippen LogP contribution in [0.2, 0.25) is 0 Å². The number of oxime groups is 1. The summed E-state index contributed by atoms with van der Waals surface area (Å²) < 4.78 is 13.6. The van der Waals surface area contributed by atoms with Crippen LogP contribution in [0.3, 0.4) is 0 Å². The van der Waals surface area contributed by atoms with Crippen LogP contribution in [0.4, 0.5) is 4.39 Å². The molecule has 0 fully saturated rings. The Hall–Kier alpha value is -1.95. The fraction of sp³-hybridized carbons (Fsp3) is 0.294. The molecule has 6 heteroatoms. The molecule has 0 aromatic heterocycles. The van der Waals surface area contributed by atoms with Crippen LogP contribution >= 0.6 is 15.9 Å². The molecule has 0 amide bonds. The summed E-state index contributed by atoms with van der Waals surface area (Å²) in [4.78, 5) is 15.9. The summed E-state index contributed by atoms with van der Waals surface area (Å²) in [6.07, 6.45) is 5.27. The van der Waals surface area contributed by atoms with Gasteiger partial charge in [-0.2, -0.15) is 0 Å². The zero-order valence-corrected chi connectivity index (χ0v) is 14.6. The number of hydrogen-bond donors (Lipinski definition) is 1. The van der Waals surface area contributed by atoms with Gasteiger partial charge >= 0.3 is 5.97 Å². The third-order valence-corrected chi connectivity index (χ3v) is 3.53. The van der Waals surface area contributed by atoms with Gasteiger partial charge < -0.3 is 9.94 Å². The summed E-state index contributed by atoms with van der Waals surface area (Å²) in [7, 11) is 0. The van der Waals surface area contributed by atoms with Crippen LogP contribution in [-0.2, 0) is 4.84 Å². The van der Waals surface area contributed by atoms with E-state index in [1.807, 2.05) is 19.1 Å². The lowest BCUT2D eigenvalue weighted by Crippen LogP contribution is -2.01. The van der Waals surface area contributed by atoms with Crippen molar-refractivity contribution in [2.24, 2.45) is 5.16 Å². The number of carbonyl (C=O) groups is 1. The SMILES string of the molecule is C/C=C\C(Br)C/C(F)=C/CO/N=C(\C)c1cccc(C(=O)O)c1. The van der Waals surface area contributed by atoms with Gasteiger partial charge in [-0.25, -0.2) is 9.18 Å². The van der Waals surface area contributed by atoms with Crippen molar-refractivity contribution >= 4 is 27.6 Å². The first kappa shape index (κ1) is 19.1. The average Bonchev–Trinajstić information content (AvgIpc) is 2.51. The zero-order valence-electron chi connectivity index (χ0n) is 13.0. The second-order valence-electron chi connectivity index (χ2n) is 4.76. The van der Waals surface area contributed by atoms with Crippen molar-refractivity contribution < 1.29 is 19.1 Å². The molecule has 0 aliphatic rings. The number of carboxylic acid groups (broad SMARTS) is 1. The van der Waals surface area contributed by atoms with Gasteiger partial charge in [0, 0.05) is 11.2 Å². The van der Waals surface area contributed by atoms with Gasteiger partial charge in [0.05, 0.1) is 11.3 Å². The number of carboxylic acids is 1. The molecule has 0 saturated heterocycles. The van der Waals surface area contributed by atoms with E-state index in [1.165, 1.54) is 18.2 Å². The molecule has 1 aromatic carbocycles. The van der Waals surface area contributed by atoms with E-state index in [1.54, 1.807) is 19.1 Å². The maximum absolute atomic E-state index is 13.6. The Morgan fingerprint density at radius 1 is 1.48 bits per heavy atom. The van der Waals surface area contributed by atoms with Crippen LogP contribution in [0.25, 0.3) is 0 Å². The Morgan fingerprint density at radius 2 is 2.17 bits per heavy atom. The van der Waals surface area contributed by atoms with Gasteiger partial charge in [-0.15, -0.1) is 0 Å². The van der Waals surface area contributed by atoms with E-state index in [9.17, 15) is 9.18 Å². The zero-order chi connectivity index (χ0) is 17.2. The molecule has 0 bridgehead atoms. The summed E-state index contributed by atoms with van der Waals surface area (Å²) in [6.45, 7) is 3.58. The molecule has 0 spiro atoms. The Labute approximate surface area is 143 Å². The van der Waals surface area contributed by atoms with E-state index < -0.39 is 5.97 Å². The van der Waals surface area contributed by atoms with Crippen molar-refractivity contribution in [3.63, 3.8) is 0 Å². The molecule has 4 nitrogen and oxygen atoms in total. The third-order valence-electron chi connectivity index (χ3n) is 2.90. The molecule has 0 saturated carbocycles. The lowest BCUT2D eigenvalue weighted by molar-refractivity contribution is 0.0697. The largest absolute Gasteiger partial charge is 0.478 e. The molecule has 0 radical (unpaired) electrons. The van der Waals surface area contributed by atoms with Crippen molar-refractivity contribution in [1.82, 2.24) is 0 Å².